The number of hydrogen-bond donors (Lipinski definition) is 3. The Hall–Kier alpha value is -2.61. The van der Waals surface area contributed by atoms with Crippen LogP contribution in [0.25, 0.3) is 16.1 Å². The second-order valence-corrected chi connectivity index (χ2v) is 4.95. The smallest absolute Gasteiger partial charge is 0.192 e. The number of rotatable bonds is 2. The van der Waals surface area contributed by atoms with Crippen molar-refractivity contribution in [3.05, 3.63) is 35.4 Å². The van der Waals surface area contributed by atoms with Gasteiger partial charge in [0.05, 0.1) is 10.5 Å². The van der Waals surface area contributed by atoms with Gasteiger partial charge in [0, 0.05) is 6.20 Å². The van der Waals surface area contributed by atoms with Crippen LogP contribution in [0, 0.1) is 11.2 Å². The van der Waals surface area contributed by atoms with E-state index >= 15 is 0 Å². The summed E-state index contributed by atoms with van der Waals surface area (Å²) in [6.07, 6.45) is 1.38. The maximum Gasteiger partial charge on any atom is 0.192 e. The van der Waals surface area contributed by atoms with Crippen LogP contribution in [-0.2, 0) is 0 Å². The van der Waals surface area contributed by atoms with E-state index in [0.717, 1.165) is 0 Å². The largest absolute Gasteiger partial charge is 0.382 e. The normalized spacial score (nSPS) is 14.3. The molecule has 0 atom stereocenters. The standard InChI is InChI=1S/C12H9FN6S/c13-7-9(6-2-1-3-20-6)18-12(19-10(7)15)5-4-17-11(16)8(5)14/h1-4H,(H3,14,16,17)(H2,15,18,19). The molecule has 0 spiro atoms. The van der Waals surface area contributed by atoms with Gasteiger partial charge in [0.15, 0.2) is 17.5 Å². The zero-order valence-electron chi connectivity index (χ0n) is 10.1. The van der Waals surface area contributed by atoms with Crippen LogP contribution in [-0.4, -0.2) is 21.5 Å². The van der Waals surface area contributed by atoms with Crippen LogP contribution in [0.15, 0.2) is 28.7 Å². The molecule has 100 valence electrons. The second-order valence-electron chi connectivity index (χ2n) is 4.00. The summed E-state index contributed by atoms with van der Waals surface area (Å²) in [5, 5.41) is 9.59. The number of nitrogens with two attached hydrogens (primary N) is 2. The Morgan fingerprint density at radius 3 is 2.65 bits per heavy atom. The molecule has 2 aromatic heterocycles. The number of anilines is 1. The van der Waals surface area contributed by atoms with Gasteiger partial charge in [-0.2, -0.15) is 0 Å². The van der Waals surface area contributed by atoms with E-state index < -0.39 is 5.82 Å². The van der Waals surface area contributed by atoms with Crippen molar-refractivity contribution in [1.29, 1.82) is 5.41 Å². The average Bonchev–Trinajstić information content (AvgIpc) is 3.05. The van der Waals surface area contributed by atoms with Crippen molar-refractivity contribution >= 4 is 34.3 Å². The molecule has 0 radical (unpaired) electrons. The minimum Gasteiger partial charge on any atom is -0.382 e. The van der Waals surface area contributed by atoms with Gasteiger partial charge in [-0.1, -0.05) is 6.07 Å². The van der Waals surface area contributed by atoms with Crippen molar-refractivity contribution in [2.45, 2.75) is 0 Å². The predicted octanol–water partition coefficient (Wildman–Crippen LogP) is 1.66. The van der Waals surface area contributed by atoms with Gasteiger partial charge in [-0.3, -0.25) is 5.41 Å². The molecule has 0 bridgehead atoms. The first-order valence-corrected chi connectivity index (χ1v) is 6.46. The molecule has 0 amide bonds. The molecule has 0 fully saturated rings. The number of hydrogen-bond acceptors (Lipinski definition) is 7. The highest BCUT2D eigenvalue weighted by Crippen LogP contribution is 2.29. The summed E-state index contributed by atoms with van der Waals surface area (Å²) in [4.78, 5) is 12.5. The van der Waals surface area contributed by atoms with Gasteiger partial charge in [-0.25, -0.2) is 19.4 Å². The summed E-state index contributed by atoms with van der Waals surface area (Å²) in [7, 11) is 0. The third-order valence-corrected chi connectivity index (χ3v) is 3.61. The maximum absolute atomic E-state index is 14.0. The summed E-state index contributed by atoms with van der Waals surface area (Å²) in [5.41, 5.74) is 11.6. The van der Waals surface area contributed by atoms with Gasteiger partial charge in [-0.15, -0.1) is 11.3 Å². The molecule has 1 aliphatic rings. The number of halogens is 1. The highest BCUT2D eigenvalue weighted by Gasteiger charge is 2.23. The Kier molecular flexibility index (Phi) is 2.79. The van der Waals surface area contributed by atoms with E-state index in [0.29, 0.717) is 10.5 Å². The first kappa shape index (κ1) is 12.4. The summed E-state index contributed by atoms with van der Waals surface area (Å²) in [5.74, 6) is -0.724. The molecule has 0 aromatic carbocycles. The van der Waals surface area contributed by atoms with Gasteiger partial charge in [0.2, 0.25) is 0 Å². The quantitative estimate of drug-likeness (QED) is 0.779. The highest BCUT2D eigenvalue weighted by molar-refractivity contribution is 7.13. The topological polar surface area (TPSA) is 114 Å². The number of nitrogen functional groups attached to an aromatic ring is 1. The van der Waals surface area contributed by atoms with Gasteiger partial charge in [0.25, 0.3) is 0 Å². The Morgan fingerprint density at radius 2 is 2.05 bits per heavy atom. The van der Waals surface area contributed by atoms with Crippen molar-refractivity contribution < 1.29 is 4.39 Å². The molecule has 0 saturated carbocycles. The van der Waals surface area contributed by atoms with E-state index in [1.54, 1.807) is 12.1 Å². The number of nitrogens with zero attached hydrogens (tertiary/aromatic N) is 3. The summed E-state index contributed by atoms with van der Waals surface area (Å²) in [6, 6.07) is 3.52. The molecular formula is C12H9FN6S. The molecule has 6 nitrogen and oxygen atoms in total. The number of thiophene rings is 1. The predicted molar refractivity (Wildman–Crippen MR) is 77.0 cm³/mol. The Balaban J connectivity index is 2.14. The van der Waals surface area contributed by atoms with Crippen LogP contribution in [0.3, 0.4) is 0 Å². The van der Waals surface area contributed by atoms with Gasteiger partial charge in [0.1, 0.15) is 17.2 Å². The molecule has 3 heterocycles. The van der Waals surface area contributed by atoms with E-state index in [1.165, 1.54) is 17.5 Å². The minimum absolute atomic E-state index is 0.00753. The fourth-order valence-corrected chi connectivity index (χ4v) is 2.44. The van der Waals surface area contributed by atoms with Crippen molar-refractivity contribution in [2.75, 3.05) is 5.73 Å². The number of nitrogens with one attached hydrogen (secondary N) is 1. The summed E-state index contributed by atoms with van der Waals surface area (Å²) < 4.78 is 14.0. The minimum atomic E-state index is -0.671. The van der Waals surface area contributed by atoms with Crippen LogP contribution >= 0.6 is 11.3 Å². The molecule has 0 aliphatic carbocycles. The second kappa shape index (κ2) is 4.49. The molecular weight excluding hydrogens is 279 g/mol. The van der Waals surface area contributed by atoms with Gasteiger partial charge in [-0.05, 0) is 11.4 Å². The third-order valence-electron chi connectivity index (χ3n) is 2.73. The average molecular weight is 288 g/mol. The lowest BCUT2D eigenvalue weighted by Gasteiger charge is -2.07. The highest BCUT2D eigenvalue weighted by atomic mass is 32.1. The van der Waals surface area contributed by atoms with E-state index in [4.69, 9.17) is 16.9 Å². The third kappa shape index (κ3) is 1.86. The zero-order valence-corrected chi connectivity index (χ0v) is 10.9. The SMILES string of the molecule is N=C1C(c2nc(N)c(F)c(-c3cccs3)n2)=CN=C1N. The van der Waals surface area contributed by atoms with Gasteiger partial charge < -0.3 is 11.5 Å². The van der Waals surface area contributed by atoms with Gasteiger partial charge >= 0.3 is 0 Å². The first-order valence-electron chi connectivity index (χ1n) is 5.58. The van der Waals surface area contributed by atoms with Crippen LogP contribution in [0.4, 0.5) is 10.2 Å². The maximum atomic E-state index is 14.0. The molecule has 3 rings (SSSR count). The van der Waals surface area contributed by atoms with Crippen LogP contribution in [0.1, 0.15) is 5.82 Å². The molecule has 5 N–H and O–H groups in total. The zero-order chi connectivity index (χ0) is 14.3. The summed E-state index contributed by atoms with van der Waals surface area (Å²) in [6.45, 7) is 0. The van der Waals surface area contributed by atoms with E-state index in [1.807, 2.05) is 5.38 Å². The summed E-state index contributed by atoms with van der Waals surface area (Å²) >= 11 is 1.34. The van der Waals surface area contributed by atoms with Crippen LogP contribution in [0.2, 0.25) is 0 Å². The number of aliphatic imine (C=N–C) groups is 1. The molecule has 1 aliphatic heterocycles. The van der Waals surface area contributed by atoms with E-state index in [2.05, 4.69) is 15.0 Å². The Labute approximate surface area is 117 Å². The van der Waals surface area contributed by atoms with Crippen LogP contribution < -0.4 is 11.5 Å². The lowest BCUT2D eigenvalue weighted by atomic mass is 10.1. The lowest BCUT2D eigenvalue weighted by molar-refractivity contribution is 0.624. The van der Waals surface area contributed by atoms with E-state index in [-0.39, 0.29) is 28.9 Å². The number of amidine groups is 1. The number of aromatic nitrogens is 2. The van der Waals surface area contributed by atoms with E-state index in [9.17, 15) is 4.39 Å². The van der Waals surface area contributed by atoms with Crippen molar-refractivity contribution in [3.8, 4) is 10.6 Å². The van der Waals surface area contributed by atoms with Crippen LogP contribution in [0.5, 0.6) is 0 Å². The van der Waals surface area contributed by atoms with Crippen molar-refractivity contribution in [2.24, 2.45) is 10.7 Å². The first-order chi connectivity index (χ1) is 9.58. The fourth-order valence-electron chi connectivity index (χ4n) is 1.73. The Morgan fingerprint density at radius 1 is 1.25 bits per heavy atom. The molecule has 0 saturated heterocycles. The van der Waals surface area contributed by atoms with Crippen molar-refractivity contribution in [3.63, 3.8) is 0 Å². The van der Waals surface area contributed by atoms with Crippen molar-refractivity contribution in [1.82, 2.24) is 9.97 Å². The molecule has 0 unspecified atom stereocenters. The molecule has 8 heteroatoms. The fraction of sp³-hybridized carbons (Fsp3) is 0. The monoisotopic (exact) mass is 288 g/mol. The molecule has 20 heavy (non-hydrogen) atoms. The Bertz CT molecular complexity index is 763. The lowest BCUT2D eigenvalue weighted by Crippen LogP contribution is -2.21. The molecule has 2 aromatic rings.